The molecule has 0 bridgehead atoms. The zero-order chi connectivity index (χ0) is 23.0. The molecule has 0 aliphatic carbocycles. The van der Waals surface area contributed by atoms with Gasteiger partial charge in [-0.3, -0.25) is 9.59 Å². The number of thiophene rings is 1. The molecule has 1 aromatic heterocycles. The van der Waals surface area contributed by atoms with Crippen LogP contribution in [0.15, 0.2) is 30.3 Å². The fourth-order valence-electron chi connectivity index (χ4n) is 3.33. The molecule has 1 aromatic carbocycles. The average Bonchev–Trinajstić information content (AvgIpc) is 3.06. The molecule has 1 heterocycles. The number of nitrogens with two attached hydrogens (primary N) is 1. The van der Waals surface area contributed by atoms with Crippen LogP contribution in [0.5, 0.6) is 0 Å². The van der Waals surface area contributed by atoms with E-state index in [9.17, 15) is 14.4 Å². The molecule has 7 nitrogen and oxygen atoms in total. The van der Waals surface area contributed by atoms with Crippen LogP contribution in [-0.4, -0.2) is 37.0 Å². The molecule has 0 spiro atoms. The van der Waals surface area contributed by atoms with Crippen molar-refractivity contribution in [2.24, 2.45) is 11.7 Å². The van der Waals surface area contributed by atoms with E-state index < -0.39 is 17.9 Å². The van der Waals surface area contributed by atoms with Crippen LogP contribution in [0.3, 0.4) is 0 Å². The van der Waals surface area contributed by atoms with Crippen molar-refractivity contribution in [1.82, 2.24) is 5.32 Å². The highest BCUT2D eigenvalue weighted by Gasteiger charge is 2.26. The lowest BCUT2D eigenvalue weighted by molar-refractivity contribution is -0.121. The average molecular weight is 446 g/mol. The molecule has 0 saturated carbocycles. The van der Waals surface area contributed by atoms with Crippen LogP contribution < -0.4 is 16.4 Å². The maximum atomic E-state index is 12.7. The molecular formula is C23H31N3O4S. The molecule has 2 rings (SSSR count). The number of primary amides is 1. The summed E-state index contributed by atoms with van der Waals surface area (Å²) in [5.74, 6) is -1.08. The van der Waals surface area contributed by atoms with Gasteiger partial charge >= 0.3 is 5.97 Å². The summed E-state index contributed by atoms with van der Waals surface area (Å²) in [6, 6.07) is 9.07. The van der Waals surface area contributed by atoms with Crippen LogP contribution in [0.2, 0.25) is 0 Å². The fraction of sp³-hybridized carbons (Fsp3) is 0.435. The summed E-state index contributed by atoms with van der Waals surface area (Å²) in [6.45, 7) is 8.12. The summed E-state index contributed by atoms with van der Waals surface area (Å²) in [4.78, 5) is 37.8. The normalized spacial score (nSPS) is 12.8. The Morgan fingerprint density at radius 3 is 2.42 bits per heavy atom. The largest absolute Gasteiger partial charge is 0.462 e. The van der Waals surface area contributed by atoms with E-state index in [1.165, 1.54) is 11.3 Å². The van der Waals surface area contributed by atoms with Crippen LogP contribution in [0.4, 0.5) is 5.00 Å². The Hall–Kier alpha value is -2.71. The molecule has 2 aromatic rings. The van der Waals surface area contributed by atoms with Gasteiger partial charge in [-0.1, -0.05) is 50.6 Å². The topological polar surface area (TPSA) is 111 Å². The summed E-state index contributed by atoms with van der Waals surface area (Å²) in [7, 11) is 0. The highest BCUT2D eigenvalue weighted by molar-refractivity contribution is 7.17. The van der Waals surface area contributed by atoms with E-state index in [4.69, 9.17) is 10.5 Å². The van der Waals surface area contributed by atoms with Crippen molar-refractivity contribution < 1.29 is 19.1 Å². The minimum Gasteiger partial charge on any atom is -0.462 e. The van der Waals surface area contributed by atoms with Gasteiger partial charge < -0.3 is 21.1 Å². The molecule has 0 aliphatic rings. The van der Waals surface area contributed by atoms with Crippen LogP contribution in [0, 0.1) is 12.8 Å². The Bertz CT molecular complexity index is 911. The molecule has 31 heavy (non-hydrogen) atoms. The molecule has 2 atom stereocenters. The summed E-state index contributed by atoms with van der Waals surface area (Å²) in [6.07, 6.45) is 0.937. The highest BCUT2D eigenvalue weighted by Crippen LogP contribution is 2.40. The molecule has 8 heteroatoms. The monoisotopic (exact) mass is 445 g/mol. The molecule has 4 N–H and O–H groups in total. The molecule has 0 aliphatic heterocycles. The number of esters is 1. The van der Waals surface area contributed by atoms with Crippen LogP contribution in [0.25, 0.3) is 11.1 Å². The van der Waals surface area contributed by atoms with Gasteiger partial charge in [0.05, 0.1) is 12.6 Å². The third-order valence-corrected chi connectivity index (χ3v) is 6.14. The third-order valence-electron chi connectivity index (χ3n) is 5.12. The van der Waals surface area contributed by atoms with Gasteiger partial charge in [-0.15, -0.1) is 11.3 Å². The van der Waals surface area contributed by atoms with Gasteiger partial charge in [-0.2, -0.15) is 0 Å². The second-order valence-corrected chi connectivity index (χ2v) is 8.57. The first-order valence-electron chi connectivity index (χ1n) is 10.5. The Morgan fingerprint density at radius 1 is 1.16 bits per heavy atom. The number of anilines is 1. The predicted molar refractivity (Wildman–Crippen MR) is 124 cm³/mol. The summed E-state index contributed by atoms with van der Waals surface area (Å²) in [5, 5.41) is 6.38. The number of hydrogen-bond acceptors (Lipinski definition) is 6. The van der Waals surface area contributed by atoms with E-state index >= 15 is 0 Å². The Labute approximate surface area is 187 Å². The molecule has 0 saturated heterocycles. The van der Waals surface area contributed by atoms with Gasteiger partial charge in [0.1, 0.15) is 10.6 Å². The number of ether oxygens (including phenoxy) is 1. The van der Waals surface area contributed by atoms with E-state index in [1.54, 1.807) is 6.92 Å². The van der Waals surface area contributed by atoms with Crippen molar-refractivity contribution in [3.05, 3.63) is 40.8 Å². The first kappa shape index (κ1) is 24.6. The van der Waals surface area contributed by atoms with E-state index in [0.29, 0.717) is 17.1 Å². The number of amides is 2. The minimum absolute atomic E-state index is 0.0735. The maximum absolute atomic E-state index is 12.7. The summed E-state index contributed by atoms with van der Waals surface area (Å²) < 4.78 is 5.26. The lowest BCUT2D eigenvalue weighted by Crippen LogP contribution is -2.46. The van der Waals surface area contributed by atoms with E-state index in [-0.39, 0.29) is 24.9 Å². The zero-order valence-corrected chi connectivity index (χ0v) is 19.3. The van der Waals surface area contributed by atoms with Gasteiger partial charge in [-0.25, -0.2) is 4.79 Å². The zero-order valence-electron chi connectivity index (χ0n) is 18.5. The van der Waals surface area contributed by atoms with Gasteiger partial charge in [0.25, 0.3) is 0 Å². The van der Waals surface area contributed by atoms with Gasteiger partial charge in [0.15, 0.2) is 0 Å². The van der Waals surface area contributed by atoms with Crippen molar-refractivity contribution >= 4 is 34.1 Å². The number of nitrogens with one attached hydrogen (secondary N) is 2. The van der Waals surface area contributed by atoms with Crippen molar-refractivity contribution in [3.8, 4) is 11.1 Å². The third kappa shape index (κ3) is 6.38. The number of carbonyl (C=O) groups excluding carboxylic acids is 3. The second kappa shape index (κ2) is 11.6. The Kier molecular flexibility index (Phi) is 9.21. The first-order chi connectivity index (χ1) is 14.8. The van der Waals surface area contributed by atoms with Crippen molar-refractivity contribution in [2.75, 3.05) is 18.5 Å². The van der Waals surface area contributed by atoms with E-state index in [1.807, 2.05) is 51.1 Å². The van der Waals surface area contributed by atoms with Crippen LogP contribution in [0.1, 0.15) is 48.8 Å². The lowest BCUT2D eigenvalue weighted by atomic mass is 9.98. The molecular weight excluding hydrogens is 414 g/mol. The first-order valence-corrected chi connectivity index (χ1v) is 11.3. The van der Waals surface area contributed by atoms with Crippen molar-refractivity contribution in [3.63, 3.8) is 0 Å². The number of aryl methyl sites for hydroxylation is 1. The molecule has 168 valence electrons. The highest BCUT2D eigenvalue weighted by atomic mass is 32.1. The van der Waals surface area contributed by atoms with Crippen molar-refractivity contribution in [1.29, 1.82) is 0 Å². The number of benzene rings is 1. The van der Waals surface area contributed by atoms with E-state index in [2.05, 4.69) is 10.6 Å². The molecule has 0 fully saturated rings. The molecule has 0 unspecified atom stereocenters. The van der Waals surface area contributed by atoms with Crippen molar-refractivity contribution in [2.45, 2.75) is 46.6 Å². The fourth-order valence-corrected chi connectivity index (χ4v) is 4.41. The van der Waals surface area contributed by atoms with E-state index in [0.717, 1.165) is 22.4 Å². The number of rotatable bonds is 11. The Balaban J connectivity index is 2.18. The molecule has 2 amide bonds. The second-order valence-electron chi connectivity index (χ2n) is 7.34. The quantitative estimate of drug-likeness (QED) is 0.457. The lowest BCUT2D eigenvalue weighted by Gasteiger charge is -2.21. The summed E-state index contributed by atoms with van der Waals surface area (Å²) in [5.41, 5.74) is 7.48. The minimum atomic E-state index is -0.485. The number of carbonyl (C=O) groups is 3. The number of hydrogen-bond donors (Lipinski definition) is 3. The maximum Gasteiger partial charge on any atom is 0.341 e. The SMILES string of the molecule is CCOC(=O)c1c(NC(=O)CCN[C@@H](C(N)=O)[C@H](C)CC)sc(C)c1-c1ccccc1. The van der Waals surface area contributed by atoms with Crippen LogP contribution >= 0.6 is 11.3 Å². The summed E-state index contributed by atoms with van der Waals surface area (Å²) >= 11 is 1.34. The predicted octanol–water partition coefficient (Wildman–Crippen LogP) is 3.72. The van der Waals surface area contributed by atoms with Gasteiger partial charge in [0.2, 0.25) is 11.8 Å². The standard InChI is InChI=1S/C23H31N3O4S/c1-5-14(3)20(21(24)28)25-13-12-17(27)26-22-19(23(29)30-6-2)18(15(4)31-22)16-10-8-7-9-11-16/h7-11,14,20,25H,5-6,12-13H2,1-4H3,(H2,24,28)(H,26,27)/t14-,20-/m1/s1. The Morgan fingerprint density at radius 2 is 1.84 bits per heavy atom. The smallest absolute Gasteiger partial charge is 0.341 e. The molecule has 0 radical (unpaired) electrons. The van der Waals surface area contributed by atoms with Crippen LogP contribution in [-0.2, 0) is 14.3 Å². The van der Waals surface area contributed by atoms with Gasteiger partial charge in [-0.05, 0) is 25.3 Å². The van der Waals surface area contributed by atoms with Gasteiger partial charge in [0, 0.05) is 23.4 Å².